The predicted molar refractivity (Wildman–Crippen MR) is 68.4 cm³/mol. The topological polar surface area (TPSA) is 64.3 Å². The van der Waals surface area contributed by atoms with E-state index < -0.39 is 0 Å². The van der Waals surface area contributed by atoms with Gasteiger partial charge in [0.05, 0.1) is 24.6 Å². The Labute approximate surface area is 103 Å². The Morgan fingerprint density at radius 2 is 2.47 bits per heavy atom. The maximum Gasteiger partial charge on any atom is 0.141 e. The quantitative estimate of drug-likeness (QED) is 0.856. The van der Waals surface area contributed by atoms with Crippen molar-refractivity contribution in [2.45, 2.75) is 6.04 Å². The molecule has 1 aliphatic heterocycles. The van der Waals surface area contributed by atoms with Gasteiger partial charge in [-0.05, 0) is 11.4 Å². The van der Waals surface area contributed by atoms with E-state index in [2.05, 4.69) is 20.9 Å². The fourth-order valence-electron chi connectivity index (χ4n) is 2.13. The molecule has 0 aromatic carbocycles. The summed E-state index contributed by atoms with van der Waals surface area (Å²) in [5, 5.41) is 3.15. The van der Waals surface area contributed by atoms with Crippen molar-refractivity contribution in [2.24, 2.45) is 5.73 Å². The molecule has 1 unspecified atom stereocenters. The molecule has 1 atom stereocenters. The minimum atomic E-state index is 0.210. The molecule has 0 amide bonds. The average molecular weight is 250 g/mol. The van der Waals surface area contributed by atoms with Gasteiger partial charge in [-0.1, -0.05) is 0 Å². The van der Waals surface area contributed by atoms with Gasteiger partial charge in [-0.15, -0.1) is 11.3 Å². The number of morpholine rings is 1. The van der Waals surface area contributed by atoms with Gasteiger partial charge < -0.3 is 15.4 Å². The van der Waals surface area contributed by atoms with Gasteiger partial charge in [0.2, 0.25) is 0 Å². The minimum Gasteiger partial charge on any atom is -0.377 e. The molecule has 2 aromatic rings. The van der Waals surface area contributed by atoms with E-state index in [4.69, 9.17) is 10.5 Å². The zero-order chi connectivity index (χ0) is 11.7. The molecular weight excluding hydrogens is 236 g/mol. The Bertz CT molecular complexity index is 515. The lowest BCUT2D eigenvalue weighted by atomic mass is 10.2. The molecule has 6 heteroatoms. The highest BCUT2D eigenvalue weighted by Gasteiger charge is 2.24. The van der Waals surface area contributed by atoms with Crippen molar-refractivity contribution in [3.8, 4) is 0 Å². The van der Waals surface area contributed by atoms with Crippen LogP contribution in [0.2, 0.25) is 0 Å². The molecule has 1 fully saturated rings. The Hall–Kier alpha value is -1.24. The maximum atomic E-state index is 5.79. The van der Waals surface area contributed by atoms with Crippen LogP contribution < -0.4 is 10.6 Å². The third kappa shape index (κ3) is 1.88. The van der Waals surface area contributed by atoms with Crippen LogP contribution in [0, 0.1) is 0 Å². The van der Waals surface area contributed by atoms with Crippen molar-refractivity contribution in [3.63, 3.8) is 0 Å². The van der Waals surface area contributed by atoms with E-state index in [1.165, 1.54) is 0 Å². The van der Waals surface area contributed by atoms with Gasteiger partial charge in [-0.3, -0.25) is 0 Å². The summed E-state index contributed by atoms with van der Waals surface area (Å²) in [7, 11) is 0. The molecule has 0 spiro atoms. The highest BCUT2D eigenvalue weighted by Crippen LogP contribution is 2.28. The highest BCUT2D eigenvalue weighted by molar-refractivity contribution is 7.16. The number of nitrogens with two attached hydrogens (primary N) is 1. The molecule has 0 saturated carbocycles. The number of fused-ring (bicyclic) bond motifs is 1. The summed E-state index contributed by atoms with van der Waals surface area (Å²) in [6.45, 7) is 2.82. The highest BCUT2D eigenvalue weighted by atomic mass is 32.1. The molecule has 2 N–H and O–H groups in total. The minimum absolute atomic E-state index is 0.210. The standard InChI is InChI=1S/C11H14N4OS/c12-5-8-6-16-3-2-15(8)10-9-1-4-17-11(9)14-7-13-10/h1,4,7-8H,2-3,5-6,12H2. The smallest absolute Gasteiger partial charge is 0.141 e. The number of aromatic nitrogens is 2. The second-order valence-corrected chi connectivity index (χ2v) is 4.89. The molecular formula is C11H14N4OS. The number of thiophene rings is 1. The maximum absolute atomic E-state index is 5.79. The van der Waals surface area contributed by atoms with Gasteiger partial charge in [0.25, 0.3) is 0 Å². The summed E-state index contributed by atoms with van der Waals surface area (Å²) in [5.41, 5.74) is 5.79. The van der Waals surface area contributed by atoms with E-state index in [9.17, 15) is 0 Å². The van der Waals surface area contributed by atoms with Crippen LogP contribution in [-0.4, -0.2) is 42.3 Å². The van der Waals surface area contributed by atoms with Crippen LogP contribution in [-0.2, 0) is 4.74 Å². The SMILES string of the molecule is NCC1COCCN1c1ncnc2sccc12. The number of hydrogen-bond acceptors (Lipinski definition) is 6. The number of ether oxygens (including phenoxy) is 1. The number of rotatable bonds is 2. The van der Waals surface area contributed by atoms with Crippen LogP contribution >= 0.6 is 11.3 Å². The summed E-state index contributed by atoms with van der Waals surface area (Å²) in [5.74, 6) is 0.981. The summed E-state index contributed by atoms with van der Waals surface area (Å²) >= 11 is 1.63. The number of anilines is 1. The second-order valence-electron chi connectivity index (χ2n) is 3.99. The first kappa shape index (κ1) is 10.9. The van der Waals surface area contributed by atoms with Gasteiger partial charge in [0.1, 0.15) is 17.0 Å². The van der Waals surface area contributed by atoms with Crippen LogP contribution in [0.4, 0.5) is 5.82 Å². The third-order valence-corrected chi connectivity index (χ3v) is 3.83. The van der Waals surface area contributed by atoms with E-state index in [-0.39, 0.29) is 6.04 Å². The molecule has 0 aliphatic carbocycles. The molecule has 3 heterocycles. The second kappa shape index (κ2) is 4.56. The number of nitrogens with zero attached hydrogens (tertiary/aromatic N) is 3. The molecule has 90 valence electrons. The van der Waals surface area contributed by atoms with Crippen LogP contribution in [0.1, 0.15) is 0 Å². The van der Waals surface area contributed by atoms with E-state index >= 15 is 0 Å². The Morgan fingerprint density at radius 3 is 3.35 bits per heavy atom. The van der Waals surface area contributed by atoms with E-state index in [0.29, 0.717) is 13.2 Å². The average Bonchev–Trinajstić information content (AvgIpc) is 2.86. The van der Waals surface area contributed by atoms with E-state index in [1.807, 2.05) is 5.38 Å². The van der Waals surface area contributed by atoms with Crippen LogP contribution in [0.25, 0.3) is 10.2 Å². The Morgan fingerprint density at radius 1 is 1.53 bits per heavy atom. The normalized spacial score (nSPS) is 21.0. The van der Waals surface area contributed by atoms with E-state index in [1.54, 1.807) is 17.7 Å². The van der Waals surface area contributed by atoms with Gasteiger partial charge in [-0.2, -0.15) is 0 Å². The Kier molecular flexibility index (Phi) is 2.92. The zero-order valence-corrected chi connectivity index (χ0v) is 10.2. The lowest BCUT2D eigenvalue weighted by Crippen LogP contribution is -2.49. The summed E-state index contributed by atoms with van der Waals surface area (Å²) in [6.07, 6.45) is 1.62. The van der Waals surface area contributed by atoms with Crippen molar-refractivity contribution in [3.05, 3.63) is 17.8 Å². The molecule has 0 radical (unpaired) electrons. The van der Waals surface area contributed by atoms with Gasteiger partial charge in [0, 0.05) is 13.1 Å². The molecule has 1 saturated heterocycles. The first-order valence-corrected chi connectivity index (χ1v) is 6.51. The first-order chi connectivity index (χ1) is 8.40. The zero-order valence-electron chi connectivity index (χ0n) is 9.37. The third-order valence-electron chi connectivity index (χ3n) is 3.01. The summed E-state index contributed by atoms with van der Waals surface area (Å²) in [4.78, 5) is 11.9. The lowest BCUT2D eigenvalue weighted by molar-refractivity contribution is 0.0960. The lowest BCUT2D eigenvalue weighted by Gasteiger charge is -2.35. The molecule has 2 aromatic heterocycles. The molecule has 3 rings (SSSR count). The van der Waals surface area contributed by atoms with Crippen LogP contribution in [0.3, 0.4) is 0 Å². The molecule has 17 heavy (non-hydrogen) atoms. The fourth-order valence-corrected chi connectivity index (χ4v) is 2.86. The predicted octanol–water partition coefficient (Wildman–Crippen LogP) is 0.855. The van der Waals surface area contributed by atoms with Crippen LogP contribution in [0.5, 0.6) is 0 Å². The van der Waals surface area contributed by atoms with Crippen molar-refractivity contribution in [1.29, 1.82) is 0 Å². The van der Waals surface area contributed by atoms with E-state index in [0.717, 1.165) is 29.2 Å². The summed E-state index contributed by atoms with van der Waals surface area (Å²) in [6, 6.07) is 2.28. The van der Waals surface area contributed by atoms with Crippen molar-refractivity contribution in [1.82, 2.24) is 9.97 Å². The number of hydrogen-bond donors (Lipinski definition) is 1. The largest absolute Gasteiger partial charge is 0.377 e. The van der Waals surface area contributed by atoms with Crippen molar-refractivity contribution in [2.75, 3.05) is 31.2 Å². The van der Waals surface area contributed by atoms with Crippen LogP contribution in [0.15, 0.2) is 17.8 Å². The monoisotopic (exact) mass is 250 g/mol. The van der Waals surface area contributed by atoms with Gasteiger partial charge in [0.15, 0.2) is 0 Å². The fraction of sp³-hybridized carbons (Fsp3) is 0.455. The molecule has 0 bridgehead atoms. The summed E-state index contributed by atoms with van der Waals surface area (Å²) < 4.78 is 5.46. The van der Waals surface area contributed by atoms with Crippen molar-refractivity contribution < 1.29 is 4.74 Å². The van der Waals surface area contributed by atoms with Gasteiger partial charge in [-0.25, -0.2) is 9.97 Å². The first-order valence-electron chi connectivity index (χ1n) is 5.63. The van der Waals surface area contributed by atoms with Crippen molar-refractivity contribution >= 4 is 27.4 Å². The Balaban J connectivity index is 2.04. The molecule has 5 nitrogen and oxygen atoms in total. The molecule has 1 aliphatic rings. The van der Waals surface area contributed by atoms with Gasteiger partial charge >= 0.3 is 0 Å².